The number of amides is 1. The molecule has 5 heteroatoms. The Bertz CT molecular complexity index is 691. The van der Waals surface area contributed by atoms with E-state index in [0.717, 1.165) is 17.8 Å². The van der Waals surface area contributed by atoms with Gasteiger partial charge in [0, 0.05) is 25.9 Å². The molecule has 25 heavy (non-hydrogen) atoms. The largest absolute Gasteiger partial charge is 0.385 e. The number of hydrogen-bond donors (Lipinski definition) is 2. The molecule has 1 amide bonds. The maximum Gasteiger partial charge on any atom is 0.269 e. The number of para-hydroxylation sites is 1. The highest BCUT2D eigenvalue weighted by Crippen LogP contribution is 2.31. The summed E-state index contributed by atoms with van der Waals surface area (Å²) in [5.41, 5.74) is 3.59. The van der Waals surface area contributed by atoms with E-state index in [4.69, 9.17) is 4.74 Å². The molecule has 1 aromatic carbocycles. The van der Waals surface area contributed by atoms with E-state index in [1.54, 1.807) is 19.4 Å². The average Bonchev–Trinajstić information content (AvgIpc) is 2.59. The number of rotatable bonds is 7. The van der Waals surface area contributed by atoms with Crippen LogP contribution in [0, 0.1) is 0 Å². The molecule has 0 spiro atoms. The molecule has 0 unspecified atom stereocenters. The average molecular weight is 341 g/mol. The topological polar surface area (TPSA) is 63.2 Å². The third kappa shape index (κ3) is 5.57. The van der Waals surface area contributed by atoms with Crippen LogP contribution >= 0.6 is 0 Å². The molecule has 2 N–H and O–H groups in total. The second kappa shape index (κ2) is 8.62. The minimum absolute atomic E-state index is 0.0407. The number of aromatic nitrogens is 1. The molecule has 0 saturated carbocycles. The zero-order chi connectivity index (χ0) is 18.3. The predicted octanol–water partition coefficient (Wildman–Crippen LogP) is 3.89. The van der Waals surface area contributed by atoms with Gasteiger partial charge in [0.25, 0.3) is 5.91 Å². The lowest BCUT2D eigenvalue weighted by Crippen LogP contribution is -2.26. The first-order valence-corrected chi connectivity index (χ1v) is 8.51. The highest BCUT2D eigenvalue weighted by molar-refractivity contribution is 5.92. The first-order chi connectivity index (χ1) is 11.9. The summed E-state index contributed by atoms with van der Waals surface area (Å²) in [5, 5.41) is 6.22. The number of nitrogens with one attached hydrogen (secondary N) is 2. The zero-order valence-electron chi connectivity index (χ0n) is 15.4. The van der Waals surface area contributed by atoms with Crippen LogP contribution in [-0.4, -0.2) is 31.2 Å². The number of hydrogen-bond acceptors (Lipinski definition) is 4. The smallest absolute Gasteiger partial charge is 0.269 e. The minimum Gasteiger partial charge on any atom is -0.385 e. The number of methoxy groups -OCH3 is 1. The summed E-state index contributed by atoms with van der Waals surface area (Å²) in [6.45, 7) is 7.76. The summed E-state index contributed by atoms with van der Waals surface area (Å²) in [6.07, 6.45) is 2.47. The van der Waals surface area contributed by atoms with Gasteiger partial charge in [-0.25, -0.2) is 4.98 Å². The Morgan fingerprint density at radius 3 is 2.56 bits per heavy atom. The van der Waals surface area contributed by atoms with Crippen LogP contribution in [0.5, 0.6) is 0 Å². The van der Waals surface area contributed by atoms with Crippen molar-refractivity contribution in [3.63, 3.8) is 0 Å². The van der Waals surface area contributed by atoms with Crippen molar-refractivity contribution in [1.29, 1.82) is 0 Å². The van der Waals surface area contributed by atoms with Gasteiger partial charge in [0.15, 0.2) is 0 Å². The van der Waals surface area contributed by atoms with E-state index in [9.17, 15) is 4.79 Å². The van der Waals surface area contributed by atoms with Gasteiger partial charge in [-0.3, -0.25) is 4.79 Å². The normalized spacial score (nSPS) is 11.2. The monoisotopic (exact) mass is 341 g/mol. The summed E-state index contributed by atoms with van der Waals surface area (Å²) < 4.78 is 4.96. The van der Waals surface area contributed by atoms with Gasteiger partial charge < -0.3 is 15.4 Å². The molecule has 5 nitrogen and oxygen atoms in total. The quantitative estimate of drug-likeness (QED) is 0.750. The van der Waals surface area contributed by atoms with Gasteiger partial charge in [-0.1, -0.05) is 39.0 Å². The van der Waals surface area contributed by atoms with E-state index >= 15 is 0 Å². The Labute approximate surface area is 149 Å². The Balaban J connectivity index is 2.03. The van der Waals surface area contributed by atoms with Crippen LogP contribution in [0.25, 0.3) is 0 Å². The fourth-order valence-corrected chi connectivity index (χ4v) is 2.51. The molecule has 0 fully saturated rings. The molecule has 0 atom stereocenters. The Hall–Kier alpha value is -2.40. The van der Waals surface area contributed by atoms with Gasteiger partial charge in [-0.15, -0.1) is 0 Å². The van der Waals surface area contributed by atoms with Gasteiger partial charge in [0.2, 0.25) is 0 Å². The number of pyridine rings is 1. The lowest BCUT2D eigenvalue weighted by molar-refractivity contribution is 0.0943. The molecule has 134 valence electrons. The van der Waals surface area contributed by atoms with Crippen molar-refractivity contribution in [2.75, 3.05) is 25.6 Å². The number of carbonyl (C=O) groups is 1. The minimum atomic E-state index is -0.169. The fraction of sp³-hybridized carbons (Fsp3) is 0.400. The number of benzene rings is 1. The maximum atomic E-state index is 12.0. The molecule has 2 rings (SSSR count). The lowest BCUT2D eigenvalue weighted by Gasteiger charge is -2.23. The second-order valence-electron chi connectivity index (χ2n) is 6.95. The van der Waals surface area contributed by atoms with Crippen molar-refractivity contribution in [3.05, 3.63) is 53.9 Å². The van der Waals surface area contributed by atoms with Crippen molar-refractivity contribution >= 4 is 17.3 Å². The van der Waals surface area contributed by atoms with Crippen LogP contribution in [0.2, 0.25) is 0 Å². The molecule has 0 radical (unpaired) electrons. The molecule has 0 aliphatic rings. The van der Waals surface area contributed by atoms with Crippen molar-refractivity contribution < 1.29 is 9.53 Å². The molecule has 0 saturated heterocycles. The SMILES string of the molecule is COCCCNC(=O)c1ccc(Nc2ccccc2C(C)(C)C)cn1. The molecule has 0 aliphatic heterocycles. The van der Waals surface area contributed by atoms with Crippen molar-refractivity contribution in [2.24, 2.45) is 0 Å². The van der Waals surface area contributed by atoms with Crippen LogP contribution in [0.3, 0.4) is 0 Å². The Morgan fingerprint density at radius 2 is 1.92 bits per heavy atom. The standard InChI is InChI=1S/C20H27N3O2/c1-20(2,3)16-8-5-6-9-17(16)23-15-10-11-18(22-14-15)19(24)21-12-7-13-25-4/h5-6,8-11,14,23H,7,12-13H2,1-4H3,(H,21,24). The summed E-state index contributed by atoms with van der Waals surface area (Å²) >= 11 is 0. The van der Waals surface area contributed by atoms with Gasteiger partial charge in [-0.2, -0.15) is 0 Å². The first kappa shape index (κ1) is 18.9. The first-order valence-electron chi connectivity index (χ1n) is 8.51. The van der Waals surface area contributed by atoms with Crippen LogP contribution in [0.4, 0.5) is 11.4 Å². The van der Waals surface area contributed by atoms with Gasteiger partial charge in [0.1, 0.15) is 5.69 Å². The number of carbonyl (C=O) groups excluding carboxylic acids is 1. The van der Waals surface area contributed by atoms with E-state index in [-0.39, 0.29) is 11.3 Å². The van der Waals surface area contributed by atoms with E-state index in [1.165, 1.54) is 5.56 Å². The molecular formula is C20H27N3O2. The maximum absolute atomic E-state index is 12.0. The number of nitrogens with zero attached hydrogens (tertiary/aromatic N) is 1. The summed E-state index contributed by atoms with van der Waals surface area (Å²) in [6, 6.07) is 11.8. The van der Waals surface area contributed by atoms with Crippen LogP contribution in [0.15, 0.2) is 42.6 Å². The zero-order valence-corrected chi connectivity index (χ0v) is 15.4. The Morgan fingerprint density at radius 1 is 1.16 bits per heavy atom. The van der Waals surface area contributed by atoms with E-state index in [2.05, 4.69) is 48.5 Å². The molecule has 2 aromatic rings. The van der Waals surface area contributed by atoms with Crippen LogP contribution in [-0.2, 0) is 10.2 Å². The lowest BCUT2D eigenvalue weighted by atomic mass is 9.86. The third-order valence-electron chi connectivity index (χ3n) is 3.82. The summed E-state index contributed by atoms with van der Waals surface area (Å²) in [4.78, 5) is 16.3. The van der Waals surface area contributed by atoms with Gasteiger partial charge in [-0.05, 0) is 35.6 Å². The van der Waals surface area contributed by atoms with Gasteiger partial charge >= 0.3 is 0 Å². The summed E-state index contributed by atoms with van der Waals surface area (Å²) in [5.74, 6) is -0.169. The molecule has 1 aromatic heterocycles. The molecule has 0 bridgehead atoms. The highest BCUT2D eigenvalue weighted by Gasteiger charge is 2.17. The second-order valence-corrected chi connectivity index (χ2v) is 6.95. The summed E-state index contributed by atoms with van der Waals surface area (Å²) in [7, 11) is 1.65. The van der Waals surface area contributed by atoms with E-state index in [0.29, 0.717) is 18.8 Å². The van der Waals surface area contributed by atoms with Crippen molar-refractivity contribution in [2.45, 2.75) is 32.6 Å². The number of ether oxygens (including phenoxy) is 1. The van der Waals surface area contributed by atoms with E-state index in [1.807, 2.05) is 18.2 Å². The van der Waals surface area contributed by atoms with E-state index < -0.39 is 0 Å². The molecule has 1 heterocycles. The molecular weight excluding hydrogens is 314 g/mol. The van der Waals surface area contributed by atoms with Crippen molar-refractivity contribution in [3.8, 4) is 0 Å². The highest BCUT2D eigenvalue weighted by atomic mass is 16.5. The number of anilines is 2. The molecule has 0 aliphatic carbocycles. The van der Waals surface area contributed by atoms with Crippen LogP contribution < -0.4 is 10.6 Å². The predicted molar refractivity (Wildman–Crippen MR) is 101 cm³/mol. The van der Waals surface area contributed by atoms with Crippen molar-refractivity contribution in [1.82, 2.24) is 10.3 Å². The third-order valence-corrected chi connectivity index (χ3v) is 3.82. The Kier molecular flexibility index (Phi) is 6.53. The van der Waals surface area contributed by atoms with Gasteiger partial charge in [0.05, 0.1) is 11.9 Å². The van der Waals surface area contributed by atoms with Crippen LogP contribution in [0.1, 0.15) is 43.2 Å². The fourth-order valence-electron chi connectivity index (χ4n) is 2.51.